The first kappa shape index (κ1) is 13.4. The van der Waals surface area contributed by atoms with Crippen molar-refractivity contribution < 1.29 is 4.74 Å². The SMILES string of the molecule is CCCNC1CC(c2cccc(OCC)c2)C1C. The van der Waals surface area contributed by atoms with Crippen LogP contribution in [0.1, 0.15) is 45.1 Å². The predicted octanol–water partition coefficient (Wildman–Crippen LogP) is 3.58. The van der Waals surface area contributed by atoms with E-state index in [2.05, 4.69) is 37.4 Å². The molecular formula is C16H25NO. The molecule has 1 aromatic carbocycles. The number of ether oxygens (including phenoxy) is 1. The fourth-order valence-corrected chi connectivity index (χ4v) is 2.83. The summed E-state index contributed by atoms with van der Waals surface area (Å²) in [5.41, 5.74) is 1.43. The molecule has 2 rings (SSSR count). The largest absolute Gasteiger partial charge is 0.494 e. The van der Waals surface area contributed by atoms with Crippen LogP contribution in [-0.4, -0.2) is 19.2 Å². The van der Waals surface area contributed by atoms with Gasteiger partial charge in [0.15, 0.2) is 0 Å². The fourth-order valence-electron chi connectivity index (χ4n) is 2.83. The third kappa shape index (κ3) is 2.86. The zero-order valence-corrected chi connectivity index (χ0v) is 11.8. The molecule has 0 amide bonds. The van der Waals surface area contributed by atoms with Crippen molar-refractivity contribution in [2.45, 2.75) is 45.6 Å². The normalized spacial score (nSPS) is 26.7. The molecule has 1 saturated carbocycles. The van der Waals surface area contributed by atoms with Crippen molar-refractivity contribution in [1.29, 1.82) is 0 Å². The molecule has 1 N–H and O–H groups in total. The molecular weight excluding hydrogens is 222 g/mol. The highest BCUT2D eigenvalue weighted by Gasteiger charge is 2.37. The molecule has 0 aromatic heterocycles. The number of benzene rings is 1. The van der Waals surface area contributed by atoms with Gasteiger partial charge in [0.25, 0.3) is 0 Å². The number of hydrogen-bond donors (Lipinski definition) is 1. The molecule has 100 valence electrons. The van der Waals surface area contributed by atoms with Crippen LogP contribution in [-0.2, 0) is 0 Å². The maximum absolute atomic E-state index is 5.58. The van der Waals surface area contributed by atoms with E-state index in [0.29, 0.717) is 12.0 Å². The van der Waals surface area contributed by atoms with E-state index < -0.39 is 0 Å². The lowest BCUT2D eigenvalue weighted by Crippen LogP contribution is -2.48. The predicted molar refractivity (Wildman–Crippen MR) is 76.2 cm³/mol. The summed E-state index contributed by atoms with van der Waals surface area (Å²) in [7, 11) is 0. The van der Waals surface area contributed by atoms with Crippen LogP contribution in [0.3, 0.4) is 0 Å². The van der Waals surface area contributed by atoms with E-state index in [1.54, 1.807) is 0 Å². The molecule has 0 heterocycles. The molecule has 0 radical (unpaired) electrons. The van der Waals surface area contributed by atoms with Gasteiger partial charge in [0.1, 0.15) is 5.75 Å². The zero-order chi connectivity index (χ0) is 13.0. The summed E-state index contributed by atoms with van der Waals surface area (Å²) in [5, 5.41) is 3.63. The van der Waals surface area contributed by atoms with Gasteiger partial charge in [-0.1, -0.05) is 26.0 Å². The Balaban J connectivity index is 1.95. The van der Waals surface area contributed by atoms with Gasteiger partial charge in [-0.15, -0.1) is 0 Å². The standard InChI is InChI=1S/C16H25NO/c1-4-9-17-16-11-15(12(16)3)13-7-6-8-14(10-13)18-5-2/h6-8,10,12,15-17H,4-5,9,11H2,1-3H3. The van der Waals surface area contributed by atoms with E-state index in [1.807, 2.05) is 13.0 Å². The smallest absolute Gasteiger partial charge is 0.119 e. The van der Waals surface area contributed by atoms with E-state index in [-0.39, 0.29) is 0 Å². The topological polar surface area (TPSA) is 21.3 Å². The van der Waals surface area contributed by atoms with Crippen molar-refractivity contribution in [3.63, 3.8) is 0 Å². The third-order valence-electron chi connectivity index (χ3n) is 4.03. The second-order valence-corrected chi connectivity index (χ2v) is 5.27. The summed E-state index contributed by atoms with van der Waals surface area (Å²) in [6.07, 6.45) is 2.48. The molecule has 18 heavy (non-hydrogen) atoms. The van der Waals surface area contributed by atoms with Crippen LogP contribution >= 0.6 is 0 Å². The van der Waals surface area contributed by atoms with Crippen LogP contribution in [0.5, 0.6) is 5.75 Å². The molecule has 1 aliphatic rings. The average Bonchev–Trinajstić information content (AvgIpc) is 2.38. The van der Waals surface area contributed by atoms with Gasteiger partial charge >= 0.3 is 0 Å². The Bertz CT molecular complexity index is 377. The summed E-state index contributed by atoms with van der Waals surface area (Å²) in [6.45, 7) is 8.49. The molecule has 2 heteroatoms. The van der Waals surface area contributed by atoms with Gasteiger partial charge in [-0.25, -0.2) is 0 Å². The van der Waals surface area contributed by atoms with Crippen LogP contribution in [0.25, 0.3) is 0 Å². The maximum atomic E-state index is 5.58. The van der Waals surface area contributed by atoms with Crippen LogP contribution in [0.4, 0.5) is 0 Å². The first-order valence-electron chi connectivity index (χ1n) is 7.22. The monoisotopic (exact) mass is 247 g/mol. The van der Waals surface area contributed by atoms with Crippen LogP contribution in [0.15, 0.2) is 24.3 Å². The highest BCUT2D eigenvalue weighted by molar-refractivity contribution is 5.33. The van der Waals surface area contributed by atoms with Crippen molar-refractivity contribution in [1.82, 2.24) is 5.32 Å². The molecule has 1 aliphatic carbocycles. The van der Waals surface area contributed by atoms with Gasteiger partial charge in [-0.05, 0) is 55.8 Å². The Labute approximate surface area is 111 Å². The highest BCUT2D eigenvalue weighted by atomic mass is 16.5. The van der Waals surface area contributed by atoms with Gasteiger partial charge in [0.05, 0.1) is 6.61 Å². The number of hydrogen-bond acceptors (Lipinski definition) is 2. The van der Waals surface area contributed by atoms with E-state index in [4.69, 9.17) is 4.74 Å². The van der Waals surface area contributed by atoms with E-state index in [9.17, 15) is 0 Å². The van der Waals surface area contributed by atoms with Gasteiger partial charge in [-0.3, -0.25) is 0 Å². The summed E-state index contributed by atoms with van der Waals surface area (Å²) in [6, 6.07) is 9.30. The lowest BCUT2D eigenvalue weighted by atomic mass is 9.67. The van der Waals surface area contributed by atoms with Gasteiger partial charge < -0.3 is 10.1 Å². The molecule has 1 aromatic rings. The molecule has 0 saturated heterocycles. The Morgan fingerprint density at radius 3 is 2.83 bits per heavy atom. The minimum Gasteiger partial charge on any atom is -0.494 e. The van der Waals surface area contributed by atoms with E-state index >= 15 is 0 Å². The fraction of sp³-hybridized carbons (Fsp3) is 0.625. The van der Waals surface area contributed by atoms with Crippen LogP contribution in [0, 0.1) is 5.92 Å². The van der Waals surface area contributed by atoms with Crippen molar-refractivity contribution in [2.75, 3.05) is 13.2 Å². The van der Waals surface area contributed by atoms with Crippen molar-refractivity contribution in [2.24, 2.45) is 5.92 Å². The molecule has 3 unspecified atom stereocenters. The van der Waals surface area contributed by atoms with Crippen molar-refractivity contribution in [3.8, 4) is 5.75 Å². The number of nitrogens with one attached hydrogen (secondary N) is 1. The van der Waals surface area contributed by atoms with Crippen molar-refractivity contribution in [3.05, 3.63) is 29.8 Å². The quantitative estimate of drug-likeness (QED) is 0.829. The summed E-state index contributed by atoms with van der Waals surface area (Å²) < 4.78 is 5.58. The maximum Gasteiger partial charge on any atom is 0.119 e. The minimum absolute atomic E-state index is 0.694. The Hall–Kier alpha value is -1.02. The number of rotatable bonds is 6. The Kier molecular flexibility index (Phi) is 4.65. The average molecular weight is 247 g/mol. The highest BCUT2D eigenvalue weighted by Crippen LogP contribution is 2.43. The Morgan fingerprint density at radius 2 is 2.17 bits per heavy atom. The summed E-state index contributed by atoms with van der Waals surface area (Å²) in [5.74, 6) is 2.43. The molecule has 0 aliphatic heterocycles. The lowest BCUT2D eigenvalue weighted by Gasteiger charge is -2.44. The second kappa shape index (κ2) is 6.24. The van der Waals surface area contributed by atoms with Crippen molar-refractivity contribution >= 4 is 0 Å². The molecule has 2 nitrogen and oxygen atoms in total. The van der Waals surface area contributed by atoms with Gasteiger partial charge in [-0.2, -0.15) is 0 Å². The lowest BCUT2D eigenvalue weighted by molar-refractivity contribution is 0.184. The molecule has 0 spiro atoms. The van der Waals surface area contributed by atoms with E-state index in [0.717, 1.165) is 24.8 Å². The first-order valence-corrected chi connectivity index (χ1v) is 7.22. The molecule has 3 atom stereocenters. The minimum atomic E-state index is 0.694. The van der Waals surface area contributed by atoms with Gasteiger partial charge in [0, 0.05) is 6.04 Å². The third-order valence-corrected chi connectivity index (χ3v) is 4.03. The zero-order valence-electron chi connectivity index (χ0n) is 11.8. The summed E-state index contributed by atoms with van der Waals surface area (Å²) in [4.78, 5) is 0. The van der Waals surface area contributed by atoms with E-state index in [1.165, 1.54) is 18.4 Å². The first-order chi connectivity index (χ1) is 8.76. The Morgan fingerprint density at radius 1 is 1.33 bits per heavy atom. The van der Waals surface area contributed by atoms with Crippen LogP contribution in [0.2, 0.25) is 0 Å². The summed E-state index contributed by atoms with van der Waals surface area (Å²) >= 11 is 0. The van der Waals surface area contributed by atoms with Gasteiger partial charge in [0.2, 0.25) is 0 Å². The molecule has 0 bridgehead atoms. The van der Waals surface area contributed by atoms with Crippen LogP contribution < -0.4 is 10.1 Å². The molecule has 1 fully saturated rings. The second-order valence-electron chi connectivity index (χ2n) is 5.27.